The zero-order valence-electron chi connectivity index (χ0n) is 12.2. The normalized spacial score (nSPS) is 20.4. The van der Waals surface area contributed by atoms with Gasteiger partial charge in [-0.25, -0.2) is 4.98 Å². The van der Waals surface area contributed by atoms with Crippen molar-refractivity contribution in [2.24, 2.45) is 5.92 Å². The van der Waals surface area contributed by atoms with Crippen LogP contribution < -0.4 is 15.8 Å². The molecule has 0 bridgehead atoms. The summed E-state index contributed by atoms with van der Waals surface area (Å²) < 4.78 is 1.72. The Morgan fingerprint density at radius 1 is 1.30 bits per heavy atom. The molecule has 1 N–H and O–H groups in total. The van der Waals surface area contributed by atoms with E-state index in [1.165, 1.54) is 19.4 Å². The predicted molar refractivity (Wildman–Crippen MR) is 80.1 cm³/mol. The van der Waals surface area contributed by atoms with Crippen molar-refractivity contribution in [2.75, 3.05) is 24.5 Å². The van der Waals surface area contributed by atoms with Gasteiger partial charge in [-0.05, 0) is 45.1 Å². The van der Waals surface area contributed by atoms with E-state index < -0.39 is 0 Å². The molecule has 2 fully saturated rings. The third kappa shape index (κ3) is 3.03. The van der Waals surface area contributed by atoms with E-state index in [4.69, 9.17) is 0 Å². The highest BCUT2D eigenvalue weighted by molar-refractivity contribution is 5.36. The van der Waals surface area contributed by atoms with Gasteiger partial charge in [0.25, 0.3) is 5.56 Å². The summed E-state index contributed by atoms with van der Waals surface area (Å²) in [7, 11) is 0. The topological polar surface area (TPSA) is 50.2 Å². The molecule has 0 unspecified atom stereocenters. The van der Waals surface area contributed by atoms with E-state index in [-0.39, 0.29) is 5.56 Å². The number of anilines is 1. The Morgan fingerprint density at radius 3 is 2.70 bits per heavy atom. The number of aryl methyl sites for hydroxylation is 1. The van der Waals surface area contributed by atoms with E-state index in [2.05, 4.69) is 15.2 Å². The van der Waals surface area contributed by atoms with Crippen molar-refractivity contribution in [3.63, 3.8) is 0 Å². The quantitative estimate of drug-likeness (QED) is 0.879. The second-order valence-electron chi connectivity index (χ2n) is 5.95. The number of hydrogen-bond acceptors (Lipinski definition) is 4. The summed E-state index contributed by atoms with van der Waals surface area (Å²) in [6, 6.07) is 0.615. The van der Waals surface area contributed by atoms with Crippen LogP contribution in [0.15, 0.2) is 17.2 Å². The number of nitrogens with one attached hydrogen (secondary N) is 1. The number of rotatable bonds is 5. The number of nitrogens with zero attached hydrogens (tertiary/aromatic N) is 3. The maximum atomic E-state index is 12.2. The fourth-order valence-corrected chi connectivity index (χ4v) is 2.85. The Morgan fingerprint density at radius 2 is 2.05 bits per heavy atom. The Kier molecular flexibility index (Phi) is 4.05. The van der Waals surface area contributed by atoms with E-state index in [0.29, 0.717) is 18.4 Å². The minimum atomic E-state index is 0.0411. The van der Waals surface area contributed by atoms with Crippen molar-refractivity contribution in [1.82, 2.24) is 14.9 Å². The molecule has 0 atom stereocenters. The van der Waals surface area contributed by atoms with Crippen molar-refractivity contribution >= 4 is 5.82 Å². The summed E-state index contributed by atoms with van der Waals surface area (Å²) in [5, 5.41) is 3.66. The van der Waals surface area contributed by atoms with Crippen LogP contribution in [0, 0.1) is 5.92 Å². The molecule has 0 amide bonds. The molecule has 3 rings (SSSR count). The van der Waals surface area contributed by atoms with Crippen LogP contribution in [0.3, 0.4) is 0 Å². The van der Waals surface area contributed by atoms with Crippen LogP contribution in [0.2, 0.25) is 0 Å². The minimum absolute atomic E-state index is 0.0411. The van der Waals surface area contributed by atoms with Gasteiger partial charge in [0, 0.05) is 38.1 Å². The van der Waals surface area contributed by atoms with E-state index in [1.54, 1.807) is 17.0 Å². The molecule has 1 saturated heterocycles. The highest BCUT2D eigenvalue weighted by Crippen LogP contribution is 2.28. The van der Waals surface area contributed by atoms with Crippen LogP contribution in [0.25, 0.3) is 0 Å². The molecule has 2 heterocycles. The Bertz CT molecular complexity index is 501. The molecule has 110 valence electrons. The minimum Gasteiger partial charge on any atom is -0.352 e. The summed E-state index contributed by atoms with van der Waals surface area (Å²) in [6.07, 6.45) is 8.50. The van der Waals surface area contributed by atoms with E-state index >= 15 is 0 Å². The lowest BCUT2D eigenvalue weighted by Gasteiger charge is -2.33. The Balaban J connectivity index is 1.58. The zero-order chi connectivity index (χ0) is 13.9. The first-order valence-corrected chi connectivity index (χ1v) is 7.81. The monoisotopic (exact) mass is 276 g/mol. The molecule has 1 aromatic heterocycles. The standard InChI is InChI=1S/C15H24N4O/c1-2-18-10-7-16-14(15(18)20)19-8-5-13(6-9-19)17-11-12-3-4-12/h7,10,12-13,17H,2-6,8-9,11H2,1H3. The van der Waals surface area contributed by atoms with Gasteiger partial charge in [0.15, 0.2) is 5.82 Å². The molecule has 2 aliphatic rings. The van der Waals surface area contributed by atoms with Gasteiger partial charge >= 0.3 is 0 Å². The maximum absolute atomic E-state index is 12.2. The average Bonchev–Trinajstić information content (AvgIpc) is 3.30. The van der Waals surface area contributed by atoms with Crippen molar-refractivity contribution < 1.29 is 0 Å². The van der Waals surface area contributed by atoms with E-state index in [9.17, 15) is 4.79 Å². The van der Waals surface area contributed by atoms with Crippen LogP contribution >= 0.6 is 0 Å². The predicted octanol–water partition coefficient (Wildman–Crippen LogP) is 1.23. The van der Waals surface area contributed by atoms with Gasteiger partial charge in [0.05, 0.1) is 0 Å². The average molecular weight is 276 g/mol. The molecule has 20 heavy (non-hydrogen) atoms. The van der Waals surface area contributed by atoms with Crippen LogP contribution in [0.4, 0.5) is 5.82 Å². The third-order valence-corrected chi connectivity index (χ3v) is 4.42. The first-order chi connectivity index (χ1) is 9.78. The fourth-order valence-electron chi connectivity index (χ4n) is 2.85. The van der Waals surface area contributed by atoms with Crippen LogP contribution in [0.1, 0.15) is 32.6 Å². The van der Waals surface area contributed by atoms with Crippen molar-refractivity contribution in [1.29, 1.82) is 0 Å². The molecular weight excluding hydrogens is 252 g/mol. The Labute approximate surface area is 120 Å². The van der Waals surface area contributed by atoms with Crippen LogP contribution in [-0.2, 0) is 6.54 Å². The molecule has 1 saturated carbocycles. The molecule has 5 heteroatoms. The summed E-state index contributed by atoms with van der Waals surface area (Å²) in [5.74, 6) is 1.55. The van der Waals surface area contributed by atoms with Crippen molar-refractivity contribution in [2.45, 2.75) is 45.2 Å². The number of piperidine rings is 1. The van der Waals surface area contributed by atoms with Gasteiger partial charge in [-0.1, -0.05) is 0 Å². The van der Waals surface area contributed by atoms with Crippen LogP contribution in [-0.4, -0.2) is 35.2 Å². The lowest BCUT2D eigenvalue weighted by molar-refractivity contribution is 0.406. The van der Waals surface area contributed by atoms with E-state index in [0.717, 1.165) is 31.8 Å². The largest absolute Gasteiger partial charge is 0.352 e. The van der Waals surface area contributed by atoms with Crippen molar-refractivity contribution in [3.05, 3.63) is 22.7 Å². The van der Waals surface area contributed by atoms with Crippen LogP contribution in [0.5, 0.6) is 0 Å². The second-order valence-corrected chi connectivity index (χ2v) is 5.95. The third-order valence-electron chi connectivity index (χ3n) is 4.42. The maximum Gasteiger partial charge on any atom is 0.293 e. The number of hydrogen-bond donors (Lipinski definition) is 1. The fraction of sp³-hybridized carbons (Fsp3) is 0.733. The molecular formula is C15H24N4O. The molecule has 0 spiro atoms. The van der Waals surface area contributed by atoms with E-state index in [1.807, 2.05) is 6.92 Å². The summed E-state index contributed by atoms with van der Waals surface area (Å²) >= 11 is 0. The Hall–Kier alpha value is -1.36. The van der Waals surface area contributed by atoms with Gasteiger partial charge in [-0.15, -0.1) is 0 Å². The highest BCUT2D eigenvalue weighted by Gasteiger charge is 2.25. The molecule has 5 nitrogen and oxygen atoms in total. The SMILES string of the molecule is CCn1ccnc(N2CCC(NCC3CC3)CC2)c1=O. The molecule has 0 aromatic carbocycles. The van der Waals surface area contributed by atoms with Gasteiger partial charge in [-0.3, -0.25) is 4.79 Å². The molecule has 1 aliphatic heterocycles. The second kappa shape index (κ2) is 5.95. The molecule has 0 radical (unpaired) electrons. The first kappa shape index (κ1) is 13.6. The summed E-state index contributed by atoms with van der Waals surface area (Å²) in [5.41, 5.74) is 0.0411. The van der Waals surface area contributed by atoms with Gasteiger partial charge in [-0.2, -0.15) is 0 Å². The zero-order valence-corrected chi connectivity index (χ0v) is 12.2. The smallest absolute Gasteiger partial charge is 0.293 e. The molecule has 1 aliphatic carbocycles. The number of aromatic nitrogens is 2. The van der Waals surface area contributed by atoms with Gasteiger partial charge in [0.1, 0.15) is 0 Å². The van der Waals surface area contributed by atoms with Crippen molar-refractivity contribution in [3.8, 4) is 0 Å². The first-order valence-electron chi connectivity index (χ1n) is 7.81. The van der Waals surface area contributed by atoms with Gasteiger partial charge in [0.2, 0.25) is 0 Å². The summed E-state index contributed by atoms with van der Waals surface area (Å²) in [4.78, 5) is 18.7. The molecule has 1 aromatic rings. The van der Waals surface area contributed by atoms with Gasteiger partial charge < -0.3 is 14.8 Å². The highest BCUT2D eigenvalue weighted by atomic mass is 16.1. The lowest BCUT2D eigenvalue weighted by Crippen LogP contribution is -2.45. The lowest BCUT2D eigenvalue weighted by atomic mass is 10.0. The summed E-state index contributed by atoms with van der Waals surface area (Å²) in [6.45, 7) is 5.72.